The van der Waals surface area contributed by atoms with Crippen LogP contribution in [0.15, 0.2) is 24.3 Å². The number of hydrogen-bond acceptors (Lipinski definition) is 9. The standard InChI is InChI=1S/C9H12N2O3.C8H10N2O3/c1-13-5-6-3-4-7(8(10)11-6)9(12)14-2;1-13-4-5-2-3-6(8(11)12)7(9)10-5/h3-4H,5H2,1-2H3,(H2,10,11);2-3H,4H2,1H3,(H2,9,10)(H,11,12). The number of rotatable bonds is 6. The number of ether oxygens (including phenoxy) is 3. The molecule has 0 bridgehead atoms. The van der Waals surface area contributed by atoms with Crippen molar-refractivity contribution in [2.75, 3.05) is 32.8 Å². The van der Waals surface area contributed by atoms with Crippen molar-refractivity contribution in [1.82, 2.24) is 9.97 Å². The number of nitrogens with zero attached hydrogens (tertiary/aromatic N) is 2. The van der Waals surface area contributed by atoms with E-state index in [0.29, 0.717) is 24.6 Å². The molecule has 2 aromatic rings. The number of carbonyl (C=O) groups is 2. The summed E-state index contributed by atoms with van der Waals surface area (Å²) in [6.45, 7) is 0.690. The molecule has 2 aromatic heterocycles. The Morgan fingerprint density at radius 2 is 1.33 bits per heavy atom. The summed E-state index contributed by atoms with van der Waals surface area (Å²) in [4.78, 5) is 29.5. The van der Waals surface area contributed by atoms with Crippen LogP contribution in [0.1, 0.15) is 32.1 Å². The minimum Gasteiger partial charge on any atom is -0.478 e. The minimum absolute atomic E-state index is 0.0138. The van der Waals surface area contributed by atoms with Gasteiger partial charge in [-0.05, 0) is 24.3 Å². The predicted molar refractivity (Wildman–Crippen MR) is 97.0 cm³/mol. The minimum atomic E-state index is -1.08. The molecule has 27 heavy (non-hydrogen) atoms. The van der Waals surface area contributed by atoms with E-state index in [-0.39, 0.29) is 22.8 Å². The predicted octanol–water partition coefficient (Wildman–Crippen LogP) is 1.11. The average molecular weight is 378 g/mol. The van der Waals surface area contributed by atoms with Crippen LogP contribution in [0, 0.1) is 0 Å². The smallest absolute Gasteiger partial charge is 0.341 e. The highest BCUT2D eigenvalue weighted by molar-refractivity contribution is 5.94. The van der Waals surface area contributed by atoms with E-state index < -0.39 is 11.9 Å². The number of carbonyl (C=O) groups excluding carboxylic acids is 1. The van der Waals surface area contributed by atoms with Crippen molar-refractivity contribution in [2.45, 2.75) is 13.2 Å². The van der Waals surface area contributed by atoms with Gasteiger partial charge in [0.15, 0.2) is 0 Å². The summed E-state index contributed by atoms with van der Waals surface area (Å²) < 4.78 is 14.2. The molecule has 0 aromatic carbocycles. The Bertz CT molecular complexity index is 797. The Kier molecular flexibility index (Phi) is 8.63. The van der Waals surface area contributed by atoms with E-state index in [1.807, 2.05) is 0 Å². The van der Waals surface area contributed by atoms with E-state index in [2.05, 4.69) is 14.7 Å². The van der Waals surface area contributed by atoms with Crippen LogP contribution in [0.5, 0.6) is 0 Å². The summed E-state index contributed by atoms with van der Waals surface area (Å²) in [5.74, 6) is -1.39. The molecular weight excluding hydrogens is 356 g/mol. The molecule has 0 saturated heterocycles. The zero-order chi connectivity index (χ0) is 20.4. The Hall–Kier alpha value is -3.24. The third-order valence-electron chi connectivity index (χ3n) is 3.18. The third kappa shape index (κ3) is 6.53. The molecule has 0 aliphatic heterocycles. The van der Waals surface area contributed by atoms with Gasteiger partial charge in [-0.2, -0.15) is 0 Å². The van der Waals surface area contributed by atoms with Crippen LogP contribution in [0.2, 0.25) is 0 Å². The number of esters is 1. The van der Waals surface area contributed by atoms with Gasteiger partial charge in [-0.3, -0.25) is 0 Å². The fourth-order valence-electron chi connectivity index (χ4n) is 1.95. The molecular formula is C17H22N4O6. The van der Waals surface area contributed by atoms with E-state index in [0.717, 1.165) is 0 Å². The van der Waals surface area contributed by atoms with Gasteiger partial charge < -0.3 is 30.8 Å². The van der Waals surface area contributed by atoms with Crippen molar-refractivity contribution < 1.29 is 28.9 Å². The number of anilines is 2. The monoisotopic (exact) mass is 378 g/mol. The first kappa shape index (κ1) is 21.8. The number of methoxy groups -OCH3 is 3. The van der Waals surface area contributed by atoms with Crippen LogP contribution in [-0.2, 0) is 27.4 Å². The molecule has 5 N–H and O–H groups in total. The van der Waals surface area contributed by atoms with Gasteiger partial charge in [-0.25, -0.2) is 19.6 Å². The van der Waals surface area contributed by atoms with Crippen LogP contribution in [0.3, 0.4) is 0 Å². The topological polar surface area (TPSA) is 160 Å². The fraction of sp³-hybridized carbons (Fsp3) is 0.294. The number of nitrogen functional groups attached to an aromatic ring is 2. The molecule has 10 nitrogen and oxygen atoms in total. The highest BCUT2D eigenvalue weighted by Crippen LogP contribution is 2.11. The Morgan fingerprint density at radius 3 is 1.67 bits per heavy atom. The Labute approximate surface area is 156 Å². The van der Waals surface area contributed by atoms with E-state index in [4.69, 9.17) is 26.0 Å². The summed E-state index contributed by atoms with van der Waals surface area (Å²) >= 11 is 0. The van der Waals surface area contributed by atoms with Crippen molar-refractivity contribution in [3.05, 3.63) is 46.8 Å². The lowest BCUT2D eigenvalue weighted by atomic mass is 10.2. The zero-order valence-electron chi connectivity index (χ0n) is 15.3. The van der Waals surface area contributed by atoms with Crippen LogP contribution in [-0.4, -0.2) is 48.3 Å². The lowest BCUT2D eigenvalue weighted by Crippen LogP contribution is -2.08. The van der Waals surface area contributed by atoms with Crippen molar-refractivity contribution in [2.24, 2.45) is 0 Å². The molecule has 0 fully saturated rings. The van der Waals surface area contributed by atoms with Crippen LogP contribution in [0.4, 0.5) is 11.6 Å². The molecule has 0 unspecified atom stereocenters. The second-order valence-electron chi connectivity index (χ2n) is 5.13. The van der Waals surface area contributed by atoms with Crippen molar-refractivity contribution in [3.8, 4) is 0 Å². The molecule has 10 heteroatoms. The lowest BCUT2D eigenvalue weighted by molar-refractivity contribution is 0.0600. The van der Waals surface area contributed by atoms with Crippen LogP contribution >= 0.6 is 0 Å². The molecule has 0 aliphatic carbocycles. The molecule has 0 saturated carbocycles. The number of hydrogen-bond donors (Lipinski definition) is 3. The SMILES string of the molecule is COCc1ccc(C(=O)O)c(N)n1.COCc1ccc(C(=O)OC)c(N)n1. The lowest BCUT2D eigenvalue weighted by Gasteiger charge is -2.04. The molecule has 2 heterocycles. The van der Waals surface area contributed by atoms with Crippen molar-refractivity contribution in [3.63, 3.8) is 0 Å². The summed E-state index contributed by atoms with van der Waals surface area (Å²) in [6.07, 6.45) is 0. The van der Waals surface area contributed by atoms with Gasteiger partial charge in [0.2, 0.25) is 0 Å². The van der Waals surface area contributed by atoms with E-state index in [1.165, 1.54) is 20.3 Å². The fourth-order valence-corrected chi connectivity index (χ4v) is 1.95. The quantitative estimate of drug-likeness (QED) is 0.621. The first-order chi connectivity index (χ1) is 12.8. The Morgan fingerprint density at radius 1 is 0.889 bits per heavy atom. The summed E-state index contributed by atoms with van der Waals surface area (Å²) in [5.41, 5.74) is 12.5. The molecule has 0 atom stereocenters. The number of pyridine rings is 2. The van der Waals surface area contributed by atoms with Gasteiger partial charge >= 0.3 is 11.9 Å². The van der Waals surface area contributed by atoms with E-state index in [9.17, 15) is 9.59 Å². The second-order valence-corrected chi connectivity index (χ2v) is 5.13. The van der Waals surface area contributed by atoms with Crippen molar-refractivity contribution in [1.29, 1.82) is 0 Å². The summed E-state index contributed by atoms with van der Waals surface area (Å²) in [7, 11) is 4.39. The third-order valence-corrected chi connectivity index (χ3v) is 3.18. The number of carboxylic acid groups (broad SMARTS) is 1. The van der Waals surface area contributed by atoms with E-state index in [1.54, 1.807) is 25.3 Å². The average Bonchev–Trinajstić information content (AvgIpc) is 2.62. The summed E-state index contributed by atoms with van der Waals surface area (Å²) in [6, 6.07) is 6.23. The highest BCUT2D eigenvalue weighted by atomic mass is 16.5. The van der Waals surface area contributed by atoms with Crippen LogP contribution in [0.25, 0.3) is 0 Å². The molecule has 0 aliphatic rings. The number of nitrogens with two attached hydrogens (primary N) is 2. The first-order valence-electron chi connectivity index (χ1n) is 7.64. The summed E-state index contributed by atoms with van der Waals surface area (Å²) in [5, 5.41) is 8.64. The van der Waals surface area contributed by atoms with Gasteiger partial charge in [-0.1, -0.05) is 0 Å². The van der Waals surface area contributed by atoms with Gasteiger partial charge in [0, 0.05) is 14.2 Å². The van der Waals surface area contributed by atoms with Gasteiger partial charge in [0.1, 0.15) is 22.8 Å². The van der Waals surface area contributed by atoms with Crippen LogP contribution < -0.4 is 11.5 Å². The zero-order valence-corrected chi connectivity index (χ0v) is 15.3. The first-order valence-corrected chi connectivity index (χ1v) is 7.64. The van der Waals surface area contributed by atoms with Gasteiger partial charge in [0.25, 0.3) is 0 Å². The van der Waals surface area contributed by atoms with Gasteiger partial charge in [-0.15, -0.1) is 0 Å². The maximum absolute atomic E-state index is 11.1. The second kappa shape index (κ2) is 10.7. The normalized spacial score (nSPS) is 9.89. The maximum Gasteiger partial charge on any atom is 0.341 e. The maximum atomic E-state index is 11.1. The molecule has 2 rings (SSSR count). The molecule has 146 valence electrons. The molecule has 0 amide bonds. The Balaban J connectivity index is 0.000000271. The molecule has 0 radical (unpaired) electrons. The highest BCUT2D eigenvalue weighted by Gasteiger charge is 2.11. The number of carboxylic acids is 1. The number of aromatic carboxylic acids is 1. The van der Waals surface area contributed by atoms with E-state index >= 15 is 0 Å². The molecule has 0 spiro atoms. The van der Waals surface area contributed by atoms with Gasteiger partial charge in [0.05, 0.1) is 31.7 Å². The largest absolute Gasteiger partial charge is 0.478 e. The van der Waals surface area contributed by atoms with Crippen molar-refractivity contribution >= 4 is 23.6 Å². The number of aromatic nitrogens is 2.